The van der Waals surface area contributed by atoms with E-state index in [4.69, 9.17) is 9.47 Å². The molecule has 2 aromatic carbocycles. The molecule has 1 aliphatic heterocycles. The molecule has 3 amide bonds. The van der Waals surface area contributed by atoms with Gasteiger partial charge < -0.3 is 25.0 Å². The fourth-order valence-corrected chi connectivity index (χ4v) is 6.69. The van der Waals surface area contributed by atoms with Gasteiger partial charge in [0, 0.05) is 31.9 Å². The van der Waals surface area contributed by atoms with Gasteiger partial charge >= 0.3 is 5.97 Å². The van der Waals surface area contributed by atoms with Crippen molar-refractivity contribution in [3.05, 3.63) is 95.2 Å². The molecule has 5 rings (SSSR count). The van der Waals surface area contributed by atoms with E-state index in [2.05, 4.69) is 15.6 Å². The van der Waals surface area contributed by atoms with E-state index in [1.165, 1.54) is 7.11 Å². The van der Waals surface area contributed by atoms with Crippen LogP contribution in [0.15, 0.2) is 72.9 Å². The van der Waals surface area contributed by atoms with Gasteiger partial charge in [-0.15, -0.1) is 0 Å². The van der Waals surface area contributed by atoms with E-state index in [0.717, 1.165) is 16.7 Å². The maximum Gasteiger partial charge on any atom is 0.307 e. The Bertz CT molecular complexity index is 1550. The van der Waals surface area contributed by atoms with E-state index in [0.29, 0.717) is 44.3 Å². The van der Waals surface area contributed by atoms with E-state index in [1.54, 1.807) is 32.2 Å². The topological polar surface area (TPSA) is 127 Å². The summed E-state index contributed by atoms with van der Waals surface area (Å²) < 4.78 is 10.5. The average Bonchev–Trinajstić information content (AvgIpc) is 3.07. The predicted molar refractivity (Wildman–Crippen MR) is 172 cm³/mol. The van der Waals surface area contributed by atoms with Crippen LogP contribution in [0.25, 0.3) is 0 Å². The molecule has 1 saturated heterocycles. The average molecular weight is 627 g/mol. The number of piperidine rings is 1. The fourth-order valence-electron chi connectivity index (χ4n) is 6.69. The number of benzene rings is 2. The molecule has 0 bridgehead atoms. The van der Waals surface area contributed by atoms with E-state index in [-0.39, 0.29) is 54.7 Å². The number of aromatic nitrogens is 1. The summed E-state index contributed by atoms with van der Waals surface area (Å²) in [5.41, 5.74) is 1.86. The van der Waals surface area contributed by atoms with Crippen LogP contribution in [0.3, 0.4) is 0 Å². The number of carbonyl (C=O) groups is 4. The quantitative estimate of drug-likeness (QED) is 0.324. The van der Waals surface area contributed by atoms with E-state index >= 15 is 0 Å². The van der Waals surface area contributed by atoms with E-state index in [9.17, 15) is 19.2 Å². The lowest BCUT2D eigenvalue weighted by Crippen LogP contribution is -2.51. The van der Waals surface area contributed by atoms with Crippen LogP contribution in [0.5, 0.6) is 5.88 Å². The van der Waals surface area contributed by atoms with Gasteiger partial charge in [-0.3, -0.25) is 19.2 Å². The SMILES string of the molecule is COc1ncccc1C(=O)NC1CCN(C(=O)[C@H]2CC[C@@](C(=O)NCCC(=O)OC(C)C)(c3ccccc3)c3ccccc32)CC1. The van der Waals surface area contributed by atoms with Crippen molar-refractivity contribution in [1.29, 1.82) is 0 Å². The van der Waals surface area contributed by atoms with Crippen LogP contribution in [-0.2, 0) is 24.5 Å². The minimum atomic E-state index is -1.01. The van der Waals surface area contributed by atoms with Gasteiger partial charge in [0.05, 0.1) is 31.0 Å². The summed E-state index contributed by atoms with van der Waals surface area (Å²) >= 11 is 0. The number of hydrogen-bond acceptors (Lipinski definition) is 7. The van der Waals surface area contributed by atoms with Crippen molar-refractivity contribution in [1.82, 2.24) is 20.5 Å². The van der Waals surface area contributed by atoms with E-state index in [1.807, 2.05) is 59.5 Å². The molecule has 2 aliphatic rings. The van der Waals surface area contributed by atoms with Crippen LogP contribution in [0.1, 0.15) is 78.9 Å². The van der Waals surface area contributed by atoms with Crippen LogP contribution >= 0.6 is 0 Å². The Labute approximate surface area is 269 Å². The van der Waals surface area contributed by atoms with Gasteiger partial charge in [0.2, 0.25) is 17.7 Å². The Kier molecular flexibility index (Phi) is 10.3. The highest BCUT2D eigenvalue weighted by Gasteiger charge is 2.48. The summed E-state index contributed by atoms with van der Waals surface area (Å²) in [5.74, 6) is -0.895. The zero-order valence-corrected chi connectivity index (χ0v) is 26.7. The summed E-state index contributed by atoms with van der Waals surface area (Å²) in [5, 5.41) is 6.07. The van der Waals surface area contributed by atoms with Crippen LogP contribution in [0.4, 0.5) is 0 Å². The van der Waals surface area contributed by atoms with Crippen LogP contribution in [0, 0.1) is 0 Å². The van der Waals surface area contributed by atoms with Gasteiger partial charge in [-0.25, -0.2) is 4.98 Å². The van der Waals surface area contributed by atoms with Crippen molar-refractivity contribution in [2.24, 2.45) is 0 Å². The minimum absolute atomic E-state index is 0.0321. The monoisotopic (exact) mass is 626 g/mol. The second-order valence-electron chi connectivity index (χ2n) is 12.1. The van der Waals surface area contributed by atoms with Crippen LogP contribution in [0.2, 0.25) is 0 Å². The molecule has 0 radical (unpaired) electrons. The molecule has 2 N–H and O–H groups in total. The molecule has 0 saturated carbocycles. The lowest BCUT2D eigenvalue weighted by atomic mass is 9.62. The Hall–Kier alpha value is -4.73. The number of pyridine rings is 1. The Morgan fingerprint density at radius 1 is 0.957 bits per heavy atom. The number of methoxy groups -OCH3 is 1. The zero-order chi connectivity index (χ0) is 32.7. The molecule has 1 fully saturated rings. The predicted octanol–water partition coefficient (Wildman–Crippen LogP) is 4.13. The third-order valence-corrected chi connectivity index (χ3v) is 8.89. The Balaban J connectivity index is 1.31. The number of rotatable bonds is 10. The first-order chi connectivity index (χ1) is 22.2. The van der Waals surface area contributed by atoms with Gasteiger partial charge in [0.15, 0.2) is 0 Å². The summed E-state index contributed by atoms with van der Waals surface area (Å²) in [6.45, 7) is 4.77. The van der Waals surface area contributed by atoms with Crippen molar-refractivity contribution in [2.45, 2.75) is 69.4 Å². The number of nitrogens with zero attached hydrogens (tertiary/aromatic N) is 2. The second kappa shape index (κ2) is 14.6. The van der Waals surface area contributed by atoms with Crippen LogP contribution in [-0.4, -0.2) is 72.5 Å². The number of ether oxygens (including phenoxy) is 2. The normalized spacial score (nSPS) is 19.6. The van der Waals surface area contributed by atoms with Gasteiger partial charge in [-0.05, 0) is 68.4 Å². The molecule has 242 valence electrons. The fraction of sp³-hybridized carbons (Fsp3) is 0.417. The molecule has 1 aromatic heterocycles. The van der Waals surface area contributed by atoms with Crippen molar-refractivity contribution >= 4 is 23.7 Å². The highest BCUT2D eigenvalue weighted by molar-refractivity contribution is 5.97. The Morgan fingerprint density at radius 3 is 2.39 bits per heavy atom. The van der Waals surface area contributed by atoms with E-state index < -0.39 is 11.3 Å². The third kappa shape index (κ3) is 6.90. The number of fused-ring (bicyclic) bond motifs is 1. The molecule has 2 heterocycles. The molecule has 3 aromatic rings. The highest BCUT2D eigenvalue weighted by Crippen LogP contribution is 2.48. The summed E-state index contributed by atoms with van der Waals surface area (Å²) in [6, 6.07) is 20.7. The zero-order valence-electron chi connectivity index (χ0n) is 26.7. The first-order valence-electron chi connectivity index (χ1n) is 16.0. The van der Waals surface area contributed by atoms with Gasteiger partial charge in [-0.2, -0.15) is 0 Å². The number of likely N-dealkylation sites (tertiary alicyclic amines) is 1. The molecule has 0 unspecified atom stereocenters. The lowest BCUT2D eigenvalue weighted by molar-refractivity contribution is -0.147. The van der Waals surface area contributed by atoms with Gasteiger partial charge in [0.1, 0.15) is 5.56 Å². The number of nitrogens with one attached hydrogen (secondary N) is 2. The molecule has 0 spiro atoms. The first kappa shape index (κ1) is 32.7. The number of hydrogen-bond donors (Lipinski definition) is 2. The van der Waals surface area contributed by atoms with Crippen molar-refractivity contribution < 1.29 is 28.7 Å². The molecular weight excluding hydrogens is 584 g/mol. The highest BCUT2D eigenvalue weighted by atomic mass is 16.5. The standard InChI is InChI=1S/C36H42N4O6/c1-24(2)46-31(41)16-21-38-35(44)36(25-10-5-4-6-11-25)19-15-28(27-12-7-8-14-30(27)36)34(43)40-22-17-26(18-23-40)39-32(42)29-13-9-20-37-33(29)45-3/h4-14,20,24,26,28H,15-19,21-23H2,1-3H3,(H,38,44)(H,39,42)/t28-,36+/m0/s1. The molecule has 1 aliphatic carbocycles. The first-order valence-corrected chi connectivity index (χ1v) is 16.0. The smallest absolute Gasteiger partial charge is 0.307 e. The molecule has 10 heteroatoms. The molecular formula is C36H42N4O6. The number of esters is 1. The number of amides is 3. The summed E-state index contributed by atoms with van der Waals surface area (Å²) in [6.07, 6.45) is 3.61. The maximum absolute atomic E-state index is 14.1. The van der Waals surface area contributed by atoms with Crippen molar-refractivity contribution in [3.63, 3.8) is 0 Å². The van der Waals surface area contributed by atoms with Crippen LogP contribution < -0.4 is 15.4 Å². The summed E-state index contributed by atoms with van der Waals surface area (Å²) in [7, 11) is 1.48. The summed E-state index contributed by atoms with van der Waals surface area (Å²) in [4.78, 5) is 59.2. The second-order valence-corrected chi connectivity index (χ2v) is 12.1. The molecule has 46 heavy (non-hydrogen) atoms. The lowest BCUT2D eigenvalue weighted by Gasteiger charge is -2.42. The minimum Gasteiger partial charge on any atom is -0.480 e. The maximum atomic E-state index is 14.1. The number of carbonyl (C=O) groups excluding carboxylic acids is 4. The Morgan fingerprint density at radius 2 is 1.67 bits per heavy atom. The largest absolute Gasteiger partial charge is 0.480 e. The van der Waals surface area contributed by atoms with Gasteiger partial charge in [0.25, 0.3) is 5.91 Å². The molecule has 10 nitrogen and oxygen atoms in total. The van der Waals surface area contributed by atoms with Crippen molar-refractivity contribution in [3.8, 4) is 5.88 Å². The van der Waals surface area contributed by atoms with Crippen molar-refractivity contribution in [2.75, 3.05) is 26.7 Å². The van der Waals surface area contributed by atoms with Gasteiger partial charge in [-0.1, -0.05) is 54.6 Å². The molecule has 2 atom stereocenters. The third-order valence-electron chi connectivity index (χ3n) is 8.89.